The highest BCUT2D eigenvalue weighted by Gasteiger charge is 2.37. The van der Waals surface area contributed by atoms with Crippen LogP contribution in [0.1, 0.15) is 70.7 Å². The highest BCUT2D eigenvalue weighted by Crippen LogP contribution is 2.46. The molecule has 262 valence electrons. The van der Waals surface area contributed by atoms with Crippen LogP contribution < -0.4 is 24.8 Å². The summed E-state index contributed by atoms with van der Waals surface area (Å²) in [6.45, 7) is 7.47. The van der Waals surface area contributed by atoms with Crippen molar-refractivity contribution < 1.29 is 50.5 Å². The van der Waals surface area contributed by atoms with E-state index >= 15 is 0 Å². The maximum atomic E-state index is 12.7. The molecule has 3 aliphatic heterocycles. The van der Waals surface area contributed by atoms with Crippen LogP contribution in [0.2, 0.25) is 0 Å². The smallest absolute Gasteiger partial charge is 0.336 e. The Morgan fingerprint density at radius 2 is 1.40 bits per heavy atom. The van der Waals surface area contributed by atoms with Crippen molar-refractivity contribution in [1.29, 1.82) is 0 Å². The lowest BCUT2D eigenvalue weighted by atomic mass is 9.83. The van der Waals surface area contributed by atoms with Gasteiger partial charge >= 0.3 is 11.9 Å². The average Bonchev–Trinajstić information content (AvgIpc) is 2.97. The summed E-state index contributed by atoms with van der Waals surface area (Å²) in [5.41, 5.74) is 0.630. The maximum Gasteiger partial charge on any atom is 0.336 e. The van der Waals surface area contributed by atoms with E-state index in [1.807, 2.05) is 51.3 Å². The number of rotatable bonds is 7. The van der Waals surface area contributed by atoms with Crippen molar-refractivity contribution in [3.8, 4) is 11.5 Å². The van der Waals surface area contributed by atoms with Crippen LogP contribution in [0.25, 0.3) is 16.7 Å². The number of benzene rings is 3. The number of hydrogen-bond acceptors (Lipinski definition) is 8. The molecule has 0 saturated carbocycles. The van der Waals surface area contributed by atoms with E-state index in [4.69, 9.17) is 4.74 Å². The summed E-state index contributed by atoms with van der Waals surface area (Å²) in [6.07, 6.45) is 3.42. The van der Waals surface area contributed by atoms with Gasteiger partial charge in [-0.1, -0.05) is 6.08 Å². The molecular formula is C35H35N2O11S2+. The standard InChI is InChI=1S/C35H34N2O11S2/c1-34(2)14-19(16-49(42,43)44)22-10-25-29(12-27(22)36(34)5)48-30-13-28-23(20(17-50(45,46)47)15-35(3,4)37(28)6)11-26(30)31(25)24-9-18(32(38)39)7-8-21(24)33(40)41/h7-15H,16-17H2,1-6H3,(H3-,38,39,40,41,42,43,44,45,46,47)/p+1. The molecule has 3 heterocycles. The van der Waals surface area contributed by atoms with Gasteiger partial charge < -0.3 is 19.8 Å². The zero-order valence-electron chi connectivity index (χ0n) is 28.0. The molecule has 50 heavy (non-hydrogen) atoms. The molecular weight excluding hydrogens is 689 g/mol. The van der Waals surface area contributed by atoms with Crippen LogP contribution in [0, 0.1) is 0 Å². The Bertz CT molecular complexity index is 2490. The zero-order chi connectivity index (χ0) is 36.9. The maximum absolute atomic E-state index is 12.7. The SMILES string of the molecule is CN1c2cc3c(cc2C(CS(=O)(=O)O)=CC1(C)C)C(c1cc(C(=O)O)ccc1C(=O)O)=c1cc2c(cc1O3)=[N+](C)C(C)(C)C=C2CS(=O)(=O)O. The Morgan fingerprint density at radius 1 is 0.780 bits per heavy atom. The third-order valence-electron chi connectivity index (χ3n) is 9.59. The van der Waals surface area contributed by atoms with Gasteiger partial charge in [-0.2, -0.15) is 16.8 Å². The quantitative estimate of drug-likeness (QED) is 0.161. The van der Waals surface area contributed by atoms with E-state index in [9.17, 15) is 45.7 Å². The van der Waals surface area contributed by atoms with Gasteiger partial charge in [-0.3, -0.25) is 9.11 Å². The Morgan fingerprint density at radius 3 is 1.98 bits per heavy atom. The first kappa shape index (κ1) is 35.0. The number of aromatic carboxylic acids is 2. The number of likely N-dealkylation sites (N-methyl/N-ethyl adjacent to an activating group) is 2. The second-order valence-electron chi connectivity index (χ2n) is 13.8. The average molecular weight is 724 g/mol. The lowest BCUT2D eigenvalue weighted by Gasteiger charge is -2.41. The lowest BCUT2D eigenvalue weighted by molar-refractivity contribution is 0.0681. The lowest BCUT2D eigenvalue weighted by Crippen LogP contribution is -2.47. The van der Waals surface area contributed by atoms with Gasteiger partial charge in [0, 0.05) is 54.6 Å². The summed E-state index contributed by atoms with van der Waals surface area (Å²) in [6, 6.07) is 10.2. The summed E-state index contributed by atoms with van der Waals surface area (Å²) >= 11 is 0. The molecule has 0 fully saturated rings. The summed E-state index contributed by atoms with van der Waals surface area (Å²) in [5.74, 6) is -3.57. The second kappa shape index (κ2) is 11.3. The highest BCUT2D eigenvalue weighted by molar-refractivity contribution is 7.86. The predicted molar refractivity (Wildman–Crippen MR) is 187 cm³/mol. The topological polar surface area (TPSA) is 199 Å². The zero-order valence-corrected chi connectivity index (χ0v) is 29.6. The largest absolute Gasteiger partial charge is 0.478 e. The number of carboxylic acids is 2. The molecule has 0 aromatic heterocycles. The van der Waals surface area contributed by atoms with Crippen LogP contribution in [0.3, 0.4) is 0 Å². The van der Waals surface area contributed by atoms with Crippen LogP contribution >= 0.6 is 0 Å². The van der Waals surface area contributed by atoms with Gasteiger partial charge in [-0.05, 0) is 67.0 Å². The minimum absolute atomic E-state index is 0.0118. The van der Waals surface area contributed by atoms with Crippen LogP contribution in [0.15, 0.2) is 54.6 Å². The first-order valence-electron chi connectivity index (χ1n) is 15.3. The summed E-state index contributed by atoms with van der Waals surface area (Å²) < 4.78 is 76.9. The van der Waals surface area contributed by atoms with Crippen molar-refractivity contribution in [3.05, 3.63) is 98.6 Å². The molecule has 0 atom stereocenters. The fourth-order valence-electron chi connectivity index (χ4n) is 6.85. The molecule has 3 aliphatic rings. The Labute approximate surface area is 288 Å². The summed E-state index contributed by atoms with van der Waals surface area (Å²) in [5, 5.41) is 21.1. The van der Waals surface area contributed by atoms with Crippen molar-refractivity contribution in [2.75, 3.05) is 30.5 Å². The number of hydrogen-bond donors (Lipinski definition) is 4. The Balaban J connectivity index is 1.80. The van der Waals surface area contributed by atoms with Gasteiger partial charge in [-0.25, -0.2) is 14.2 Å². The molecule has 0 radical (unpaired) electrons. The molecule has 6 rings (SSSR count). The fourth-order valence-corrected chi connectivity index (χ4v) is 8.11. The van der Waals surface area contributed by atoms with Gasteiger partial charge in [0.15, 0.2) is 5.54 Å². The Kier molecular flexibility index (Phi) is 7.95. The summed E-state index contributed by atoms with van der Waals surface area (Å²) in [7, 11) is -5.38. The number of carboxylic acid groups (broad SMARTS) is 2. The number of anilines is 1. The van der Waals surface area contributed by atoms with E-state index in [-0.39, 0.29) is 44.9 Å². The van der Waals surface area contributed by atoms with Crippen molar-refractivity contribution in [1.82, 2.24) is 4.58 Å². The number of ether oxygens (including phenoxy) is 1. The van der Waals surface area contributed by atoms with E-state index < -0.39 is 54.8 Å². The van der Waals surface area contributed by atoms with Crippen LogP contribution in [0.5, 0.6) is 11.5 Å². The molecule has 0 saturated heterocycles. The summed E-state index contributed by atoms with van der Waals surface area (Å²) in [4.78, 5) is 26.7. The van der Waals surface area contributed by atoms with Gasteiger partial charge in [0.05, 0.1) is 28.3 Å². The van der Waals surface area contributed by atoms with Crippen molar-refractivity contribution in [2.45, 2.75) is 38.8 Å². The molecule has 0 amide bonds. The van der Waals surface area contributed by atoms with E-state index in [0.717, 1.165) is 0 Å². The first-order chi connectivity index (χ1) is 23.0. The van der Waals surface area contributed by atoms with Crippen molar-refractivity contribution in [2.24, 2.45) is 0 Å². The van der Waals surface area contributed by atoms with Gasteiger partial charge in [0.1, 0.15) is 30.1 Å². The van der Waals surface area contributed by atoms with E-state index in [2.05, 4.69) is 0 Å². The molecule has 0 spiro atoms. The van der Waals surface area contributed by atoms with E-state index in [0.29, 0.717) is 33.0 Å². The van der Waals surface area contributed by atoms with Gasteiger partial charge in [0.25, 0.3) is 20.2 Å². The third-order valence-corrected chi connectivity index (χ3v) is 10.9. The molecule has 0 unspecified atom stereocenters. The monoisotopic (exact) mass is 723 g/mol. The normalized spacial score (nSPS) is 17.4. The Hall–Kier alpha value is -4.83. The molecule has 3 aromatic carbocycles. The number of nitrogens with zero attached hydrogens (tertiary/aromatic N) is 2. The minimum Gasteiger partial charge on any atom is -0.478 e. The molecule has 0 bridgehead atoms. The van der Waals surface area contributed by atoms with Crippen LogP contribution in [-0.2, 0) is 20.2 Å². The number of fused-ring (bicyclic) bond motifs is 4. The molecule has 15 heteroatoms. The highest BCUT2D eigenvalue weighted by atomic mass is 32.2. The van der Waals surface area contributed by atoms with E-state index in [1.165, 1.54) is 18.2 Å². The van der Waals surface area contributed by atoms with Crippen molar-refractivity contribution in [3.63, 3.8) is 0 Å². The predicted octanol–water partition coefficient (Wildman–Crippen LogP) is 3.12. The first-order valence-corrected chi connectivity index (χ1v) is 18.5. The fraction of sp³-hybridized carbons (Fsp3) is 0.286. The van der Waals surface area contributed by atoms with E-state index in [1.54, 1.807) is 36.4 Å². The van der Waals surface area contributed by atoms with Crippen LogP contribution in [-0.4, -0.2) is 84.8 Å². The van der Waals surface area contributed by atoms with Crippen molar-refractivity contribution >= 4 is 54.6 Å². The number of carbonyl (C=O) groups is 2. The second-order valence-corrected chi connectivity index (χ2v) is 16.7. The molecule has 0 aliphatic carbocycles. The van der Waals surface area contributed by atoms with Gasteiger partial charge in [-0.15, -0.1) is 0 Å². The van der Waals surface area contributed by atoms with Gasteiger partial charge in [0.2, 0.25) is 5.36 Å². The third kappa shape index (κ3) is 6.10. The molecule has 4 N–H and O–H groups in total. The minimum atomic E-state index is -4.50. The molecule has 3 aromatic rings. The van der Waals surface area contributed by atoms with Crippen LogP contribution in [0.4, 0.5) is 5.69 Å². The molecule has 13 nitrogen and oxygen atoms in total.